The highest BCUT2D eigenvalue weighted by Gasteiger charge is 2.40. The number of aliphatic hydroxyl groups excluding tert-OH is 2. The number of carbonyl (C=O) groups excluding carboxylic acids is 3. The van der Waals surface area contributed by atoms with E-state index in [0.29, 0.717) is 38.9 Å². The molecule has 0 radical (unpaired) electrons. The van der Waals surface area contributed by atoms with Crippen LogP contribution in [-0.2, 0) is 16.1 Å². The third kappa shape index (κ3) is 8.88. The Balaban J connectivity index is 2.00. The number of hydrogen-bond acceptors (Lipinski definition) is 7. The topological polar surface area (TPSA) is 125 Å². The number of benzene rings is 2. The summed E-state index contributed by atoms with van der Waals surface area (Å²) >= 11 is 2.02. The number of methoxy groups -OCH3 is 1. The van der Waals surface area contributed by atoms with Crippen LogP contribution < -0.4 is 14.8 Å². The number of aldehydes is 1. The maximum Gasteiger partial charge on any atom is 0.247 e. The third-order valence-electron chi connectivity index (χ3n) is 6.82. The Morgan fingerprint density at radius 3 is 2.63 bits per heavy atom. The average molecular weight is 677 g/mol. The highest BCUT2D eigenvalue weighted by Crippen LogP contribution is 2.37. The molecule has 0 saturated carbocycles. The van der Waals surface area contributed by atoms with E-state index in [1.165, 1.54) is 13.2 Å². The van der Waals surface area contributed by atoms with Gasteiger partial charge in [-0.05, 0) is 65.6 Å². The van der Waals surface area contributed by atoms with Crippen molar-refractivity contribution in [2.24, 2.45) is 0 Å². The van der Waals surface area contributed by atoms with Crippen molar-refractivity contribution in [3.05, 3.63) is 81.5 Å². The number of unbranched alkanes of at least 4 members (excludes halogenated alkanes) is 2. The molecule has 0 aliphatic heterocycles. The van der Waals surface area contributed by atoms with Crippen molar-refractivity contribution in [2.45, 2.75) is 56.9 Å². The van der Waals surface area contributed by atoms with E-state index in [9.17, 15) is 24.6 Å². The Hall–Kier alpha value is -3.22. The number of rotatable bonds is 15. The summed E-state index contributed by atoms with van der Waals surface area (Å²) in [5, 5.41) is 23.6. The molecular formula is C31H37IN2O7. The zero-order valence-electron chi connectivity index (χ0n) is 23.1. The van der Waals surface area contributed by atoms with Crippen LogP contribution in [0.3, 0.4) is 0 Å². The number of hydrogen-bond donors (Lipinski definition) is 3. The number of allylic oxidation sites excluding steroid dienone is 1. The maximum absolute atomic E-state index is 13.6. The fraction of sp³-hybridized carbons (Fsp3) is 0.387. The molecule has 3 N–H and O–H groups in total. The van der Waals surface area contributed by atoms with Gasteiger partial charge in [0, 0.05) is 37.1 Å². The number of nitrogens with zero attached hydrogens (tertiary/aromatic N) is 1. The largest absolute Gasteiger partial charge is 0.493 e. The van der Waals surface area contributed by atoms with E-state index in [4.69, 9.17) is 9.47 Å². The number of carbonyl (C=O) groups is 3. The Morgan fingerprint density at radius 2 is 1.98 bits per heavy atom. The van der Waals surface area contributed by atoms with Gasteiger partial charge in [-0.15, -0.1) is 6.58 Å². The Bertz CT molecular complexity index is 1230. The van der Waals surface area contributed by atoms with Gasteiger partial charge >= 0.3 is 0 Å². The second-order valence-corrected chi connectivity index (χ2v) is 10.9. The van der Waals surface area contributed by atoms with Crippen LogP contribution in [0.25, 0.3) is 0 Å². The smallest absolute Gasteiger partial charge is 0.247 e. The first-order valence-corrected chi connectivity index (χ1v) is 14.6. The molecule has 0 unspecified atom stereocenters. The number of halogens is 1. The minimum Gasteiger partial charge on any atom is -0.493 e. The maximum atomic E-state index is 13.6. The van der Waals surface area contributed by atoms with E-state index in [1.807, 2.05) is 59.0 Å². The molecule has 2 aromatic carbocycles. The van der Waals surface area contributed by atoms with Crippen LogP contribution in [0.5, 0.6) is 11.5 Å². The van der Waals surface area contributed by atoms with Crippen LogP contribution in [0.1, 0.15) is 48.0 Å². The molecule has 3 rings (SSSR count). The molecule has 2 amide bonds. The average Bonchev–Trinajstić information content (AvgIpc) is 2.99. The molecule has 2 aromatic rings. The fourth-order valence-corrected chi connectivity index (χ4v) is 5.47. The summed E-state index contributed by atoms with van der Waals surface area (Å²) in [6.07, 6.45) is 4.53. The molecule has 0 saturated heterocycles. The Kier molecular flexibility index (Phi) is 12.8. The summed E-state index contributed by atoms with van der Waals surface area (Å²) in [5.74, 6) is 0.0495. The molecule has 0 aromatic heterocycles. The highest BCUT2D eigenvalue weighted by molar-refractivity contribution is 14.1. The van der Waals surface area contributed by atoms with Gasteiger partial charge in [0.1, 0.15) is 18.5 Å². The number of amides is 2. The summed E-state index contributed by atoms with van der Waals surface area (Å²) in [6, 6.07) is 11.9. The predicted octanol–water partition coefficient (Wildman–Crippen LogP) is 3.80. The Morgan fingerprint density at radius 1 is 1.22 bits per heavy atom. The summed E-state index contributed by atoms with van der Waals surface area (Å²) in [5.41, 5.74) is 1.62. The molecule has 0 bridgehead atoms. The fourth-order valence-electron chi connectivity index (χ4n) is 4.72. The molecule has 0 fully saturated rings. The minimum atomic E-state index is -1.18. The highest BCUT2D eigenvalue weighted by atomic mass is 127. The van der Waals surface area contributed by atoms with Crippen molar-refractivity contribution in [3.63, 3.8) is 0 Å². The van der Waals surface area contributed by atoms with Crippen LogP contribution in [0.4, 0.5) is 0 Å². The van der Waals surface area contributed by atoms with Gasteiger partial charge in [-0.1, -0.05) is 36.4 Å². The van der Waals surface area contributed by atoms with Crippen LogP contribution in [-0.4, -0.2) is 71.7 Å². The predicted molar refractivity (Wildman–Crippen MR) is 164 cm³/mol. The van der Waals surface area contributed by atoms with Gasteiger partial charge in [0.05, 0.1) is 23.3 Å². The second-order valence-electron chi connectivity index (χ2n) is 9.71. The summed E-state index contributed by atoms with van der Waals surface area (Å²) in [6.45, 7) is 3.82. The van der Waals surface area contributed by atoms with Crippen molar-refractivity contribution in [3.8, 4) is 11.5 Å². The first-order chi connectivity index (χ1) is 19.8. The number of nitrogens with one attached hydrogen (secondary N) is 1. The molecule has 0 spiro atoms. The van der Waals surface area contributed by atoms with Crippen LogP contribution in [0, 0.1) is 3.57 Å². The summed E-state index contributed by atoms with van der Waals surface area (Å²) in [4.78, 5) is 39.7. The zero-order valence-corrected chi connectivity index (χ0v) is 25.3. The molecule has 1 aliphatic carbocycles. The van der Waals surface area contributed by atoms with Gasteiger partial charge in [0.25, 0.3) is 0 Å². The normalized spacial score (nSPS) is 18.1. The molecule has 1 aliphatic rings. The Labute approximate surface area is 254 Å². The van der Waals surface area contributed by atoms with Crippen molar-refractivity contribution >= 4 is 40.7 Å². The van der Waals surface area contributed by atoms with Gasteiger partial charge < -0.3 is 29.9 Å². The summed E-state index contributed by atoms with van der Waals surface area (Å²) in [7, 11) is 1.45. The van der Waals surface area contributed by atoms with E-state index < -0.39 is 24.2 Å². The molecule has 41 heavy (non-hydrogen) atoms. The van der Waals surface area contributed by atoms with Gasteiger partial charge in [-0.2, -0.15) is 0 Å². The SMILES string of the molecule is C=CCCCCC(=O)N(Cc1ccccc1)[C@@H]1CC(C(=O)NCCO)=C[C@H](Oc2c(I)cc(C=O)cc2OC)[C@H]1O. The molecule has 9 nitrogen and oxygen atoms in total. The zero-order chi connectivity index (χ0) is 29.8. The lowest BCUT2D eigenvalue weighted by atomic mass is 9.87. The van der Waals surface area contributed by atoms with Crippen molar-refractivity contribution < 1.29 is 34.1 Å². The standard InChI is InChI=1S/C31H37IN2O7/c1-3-4-5-9-12-28(37)34(19-21-10-7-6-8-11-21)25-17-23(31(39)33-13-14-35)18-26(29(25)38)41-30-24(32)15-22(20-36)16-27(30)40-2/h3,6-8,10-11,15-16,18,20,25-26,29,35,38H,1,4-5,9,12-14,17,19H2,2H3,(H,33,39)/t25-,26+,29+/m1/s1. The molecule has 3 atom stereocenters. The van der Waals surface area contributed by atoms with Gasteiger partial charge in [-0.25, -0.2) is 0 Å². The number of aliphatic hydroxyl groups is 2. The minimum absolute atomic E-state index is 0.0593. The molecular weight excluding hydrogens is 639 g/mol. The van der Waals surface area contributed by atoms with Gasteiger partial charge in [0.2, 0.25) is 11.8 Å². The number of ether oxygens (including phenoxy) is 2. The van der Waals surface area contributed by atoms with E-state index >= 15 is 0 Å². The first kappa shape index (κ1) is 32.3. The monoisotopic (exact) mass is 676 g/mol. The lowest BCUT2D eigenvalue weighted by molar-refractivity contribution is -0.139. The molecule has 10 heteroatoms. The van der Waals surface area contributed by atoms with Crippen molar-refractivity contribution in [1.29, 1.82) is 0 Å². The third-order valence-corrected chi connectivity index (χ3v) is 7.62. The van der Waals surface area contributed by atoms with Gasteiger partial charge in [-0.3, -0.25) is 14.4 Å². The van der Waals surface area contributed by atoms with Crippen LogP contribution >= 0.6 is 22.6 Å². The van der Waals surface area contributed by atoms with E-state index in [2.05, 4.69) is 11.9 Å². The summed E-state index contributed by atoms with van der Waals surface area (Å²) < 4.78 is 12.3. The van der Waals surface area contributed by atoms with Crippen molar-refractivity contribution in [1.82, 2.24) is 10.2 Å². The lowest BCUT2D eigenvalue weighted by Gasteiger charge is -2.41. The lowest BCUT2D eigenvalue weighted by Crippen LogP contribution is -2.54. The molecule has 220 valence electrons. The van der Waals surface area contributed by atoms with Crippen LogP contribution in [0.15, 0.2) is 66.8 Å². The first-order valence-electron chi connectivity index (χ1n) is 13.5. The van der Waals surface area contributed by atoms with E-state index in [0.717, 1.165) is 18.4 Å². The van der Waals surface area contributed by atoms with E-state index in [1.54, 1.807) is 17.0 Å². The van der Waals surface area contributed by atoms with Crippen LogP contribution in [0.2, 0.25) is 0 Å². The van der Waals surface area contributed by atoms with E-state index in [-0.39, 0.29) is 38.4 Å². The van der Waals surface area contributed by atoms with Crippen molar-refractivity contribution in [2.75, 3.05) is 20.3 Å². The molecule has 0 heterocycles. The van der Waals surface area contributed by atoms with Gasteiger partial charge in [0.15, 0.2) is 11.5 Å². The second kappa shape index (κ2) is 16.3. The quantitative estimate of drug-likeness (QED) is 0.114.